The van der Waals surface area contributed by atoms with Crippen LogP contribution in [0.2, 0.25) is 0 Å². The van der Waals surface area contributed by atoms with E-state index in [0.29, 0.717) is 23.7 Å². The third-order valence-electron chi connectivity index (χ3n) is 4.93. The second-order valence-electron chi connectivity index (χ2n) is 7.36. The maximum atomic E-state index is 12.5. The minimum Gasteiger partial charge on any atom is -0.492 e. The molecule has 0 aliphatic carbocycles. The van der Waals surface area contributed by atoms with Crippen LogP contribution >= 0.6 is 0 Å². The van der Waals surface area contributed by atoms with E-state index in [1.165, 1.54) is 0 Å². The average Bonchev–Trinajstić information content (AvgIpc) is 3.14. The molecule has 7 heteroatoms. The van der Waals surface area contributed by atoms with Gasteiger partial charge in [0.25, 0.3) is 11.6 Å². The van der Waals surface area contributed by atoms with Crippen LogP contribution in [-0.2, 0) is 0 Å². The van der Waals surface area contributed by atoms with Gasteiger partial charge in [0.15, 0.2) is 5.76 Å². The van der Waals surface area contributed by atoms with Crippen molar-refractivity contribution in [2.75, 3.05) is 32.0 Å². The molecule has 0 fully saturated rings. The van der Waals surface area contributed by atoms with Gasteiger partial charge in [0.05, 0.1) is 11.8 Å². The number of rotatable bonds is 10. The molecule has 0 radical (unpaired) electrons. The first kappa shape index (κ1) is 21.6. The van der Waals surface area contributed by atoms with Gasteiger partial charge in [-0.2, -0.15) is 0 Å². The van der Waals surface area contributed by atoms with Crippen LogP contribution in [0.3, 0.4) is 0 Å². The second-order valence-corrected chi connectivity index (χ2v) is 7.36. The summed E-state index contributed by atoms with van der Waals surface area (Å²) in [5.41, 5.74) is 8.52. The third-order valence-corrected chi connectivity index (χ3v) is 4.93. The Morgan fingerprint density at radius 3 is 2.50 bits per heavy atom. The molecule has 2 aromatic heterocycles. The first-order chi connectivity index (χ1) is 14.5. The Hall–Kier alpha value is -3.06. The number of ether oxygens (including phenoxy) is 1. The average molecular weight is 411 g/mol. The Morgan fingerprint density at radius 1 is 1.13 bits per heavy atom. The van der Waals surface area contributed by atoms with Crippen LogP contribution in [-0.4, -0.2) is 41.1 Å². The Bertz CT molecular complexity index is 1020. The van der Waals surface area contributed by atoms with E-state index in [1.54, 1.807) is 12.4 Å². The van der Waals surface area contributed by atoms with Gasteiger partial charge >= 0.3 is 0 Å². The lowest BCUT2D eigenvalue weighted by atomic mass is 9.99. The van der Waals surface area contributed by atoms with Crippen molar-refractivity contribution in [3.8, 4) is 28.2 Å². The van der Waals surface area contributed by atoms with Crippen molar-refractivity contribution in [3.05, 3.63) is 52.6 Å². The molecule has 0 saturated heterocycles. The molecular weight excluding hydrogens is 380 g/mol. The van der Waals surface area contributed by atoms with Crippen molar-refractivity contribution >= 4 is 6.01 Å². The van der Waals surface area contributed by atoms with E-state index in [9.17, 15) is 4.79 Å². The first-order valence-corrected chi connectivity index (χ1v) is 10.4. The summed E-state index contributed by atoms with van der Waals surface area (Å²) in [4.78, 5) is 21.6. The smallest absolute Gasteiger partial charge is 0.292 e. The molecule has 0 aliphatic rings. The minimum absolute atomic E-state index is 0.0985. The van der Waals surface area contributed by atoms with Crippen molar-refractivity contribution < 1.29 is 9.15 Å². The number of nitrogens with zero attached hydrogens (tertiary/aromatic N) is 2. The predicted octanol–water partition coefficient (Wildman–Crippen LogP) is 4.09. The maximum Gasteiger partial charge on any atom is 0.292 e. The van der Waals surface area contributed by atoms with Crippen LogP contribution in [0.1, 0.15) is 32.3 Å². The van der Waals surface area contributed by atoms with Gasteiger partial charge in [0.2, 0.25) is 0 Å². The molecule has 1 aromatic carbocycles. The third kappa shape index (κ3) is 5.30. The highest BCUT2D eigenvalue weighted by molar-refractivity contribution is 5.74. The number of aromatic amines is 1. The largest absolute Gasteiger partial charge is 0.492 e. The molecule has 160 valence electrons. The van der Waals surface area contributed by atoms with Crippen LogP contribution < -0.4 is 16.0 Å². The molecule has 7 nitrogen and oxygen atoms in total. The van der Waals surface area contributed by atoms with Crippen LogP contribution in [0.5, 0.6) is 5.75 Å². The van der Waals surface area contributed by atoms with Crippen LogP contribution in [0.4, 0.5) is 6.01 Å². The number of hydrogen-bond acceptors (Lipinski definition) is 6. The lowest BCUT2D eigenvalue weighted by molar-refractivity contribution is 0.209. The van der Waals surface area contributed by atoms with E-state index < -0.39 is 0 Å². The van der Waals surface area contributed by atoms with E-state index in [-0.39, 0.29) is 11.6 Å². The normalized spacial score (nSPS) is 11.2. The SMILES string of the molecule is CCCN(CCC)CCOc1cc(-c2cnc(N)o2)cc(-c2c(C)cc[nH]c2=O)c1. The summed E-state index contributed by atoms with van der Waals surface area (Å²) in [5, 5.41) is 0. The van der Waals surface area contributed by atoms with E-state index >= 15 is 0 Å². The zero-order valence-corrected chi connectivity index (χ0v) is 17.9. The Morgan fingerprint density at radius 2 is 1.87 bits per heavy atom. The van der Waals surface area contributed by atoms with Gasteiger partial charge in [-0.15, -0.1) is 0 Å². The molecule has 0 spiro atoms. The summed E-state index contributed by atoms with van der Waals surface area (Å²) in [5.74, 6) is 1.20. The molecule has 0 aliphatic heterocycles. The summed E-state index contributed by atoms with van der Waals surface area (Å²) < 4.78 is 11.6. The summed E-state index contributed by atoms with van der Waals surface area (Å²) in [6.45, 7) is 9.80. The predicted molar refractivity (Wildman–Crippen MR) is 120 cm³/mol. The van der Waals surface area contributed by atoms with Gasteiger partial charge < -0.3 is 19.9 Å². The van der Waals surface area contributed by atoms with Gasteiger partial charge in [0, 0.05) is 18.3 Å². The molecule has 0 atom stereocenters. The molecule has 3 rings (SSSR count). The summed E-state index contributed by atoms with van der Waals surface area (Å²) in [7, 11) is 0. The standard InChI is InChI=1S/C23H30N4O3/c1-4-8-27(9-5-2)10-11-29-19-13-17(20-15-26-23(24)30-20)12-18(14-19)21-16(3)6-7-25-22(21)28/h6-7,12-15H,4-5,8-11H2,1-3H3,(H2,24,26)(H,25,28). The van der Waals surface area contributed by atoms with Crippen molar-refractivity contribution in [1.82, 2.24) is 14.9 Å². The fourth-order valence-electron chi connectivity index (χ4n) is 3.59. The molecule has 0 bridgehead atoms. The first-order valence-electron chi connectivity index (χ1n) is 10.4. The minimum atomic E-state index is -0.146. The van der Waals surface area contributed by atoms with Crippen LogP contribution in [0.25, 0.3) is 22.5 Å². The molecule has 0 saturated carbocycles. The molecule has 0 unspecified atom stereocenters. The van der Waals surface area contributed by atoms with Crippen LogP contribution in [0, 0.1) is 6.92 Å². The topological polar surface area (TPSA) is 97.4 Å². The Kier molecular flexibility index (Phi) is 7.30. The van der Waals surface area contributed by atoms with Crippen molar-refractivity contribution in [1.29, 1.82) is 0 Å². The van der Waals surface area contributed by atoms with E-state index in [0.717, 1.165) is 49.2 Å². The van der Waals surface area contributed by atoms with Gasteiger partial charge in [-0.1, -0.05) is 13.8 Å². The van der Waals surface area contributed by atoms with Gasteiger partial charge in [-0.25, -0.2) is 4.98 Å². The van der Waals surface area contributed by atoms with Gasteiger partial charge in [-0.05, 0) is 68.2 Å². The van der Waals surface area contributed by atoms with Crippen molar-refractivity contribution in [2.24, 2.45) is 0 Å². The molecule has 0 amide bonds. The second kappa shape index (κ2) is 10.1. The molecular formula is C23H30N4O3. The number of H-pyrrole nitrogens is 1. The maximum absolute atomic E-state index is 12.5. The van der Waals surface area contributed by atoms with Crippen LogP contribution in [0.15, 0.2) is 45.9 Å². The number of anilines is 1. The lowest BCUT2D eigenvalue weighted by Crippen LogP contribution is -2.30. The molecule has 2 heterocycles. The summed E-state index contributed by atoms with van der Waals surface area (Å²) in [6, 6.07) is 7.65. The lowest BCUT2D eigenvalue weighted by Gasteiger charge is -2.21. The van der Waals surface area contributed by atoms with Crippen molar-refractivity contribution in [3.63, 3.8) is 0 Å². The monoisotopic (exact) mass is 410 g/mol. The number of nitrogens with one attached hydrogen (secondary N) is 1. The number of hydrogen-bond donors (Lipinski definition) is 2. The number of nitrogen functional groups attached to an aromatic ring is 1. The highest BCUT2D eigenvalue weighted by atomic mass is 16.5. The fraction of sp³-hybridized carbons (Fsp3) is 0.391. The molecule has 3 N–H and O–H groups in total. The summed E-state index contributed by atoms with van der Waals surface area (Å²) in [6.07, 6.45) is 5.45. The summed E-state index contributed by atoms with van der Waals surface area (Å²) >= 11 is 0. The molecule has 30 heavy (non-hydrogen) atoms. The number of nitrogens with two attached hydrogens (primary N) is 1. The molecule has 3 aromatic rings. The van der Waals surface area contributed by atoms with Gasteiger partial charge in [-0.3, -0.25) is 9.69 Å². The quantitative estimate of drug-likeness (QED) is 0.522. The zero-order chi connectivity index (χ0) is 21.5. The Balaban J connectivity index is 1.91. The van der Waals surface area contributed by atoms with Gasteiger partial charge in [0.1, 0.15) is 12.4 Å². The Labute approximate surface area is 176 Å². The fourth-order valence-corrected chi connectivity index (χ4v) is 3.59. The van der Waals surface area contributed by atoms with E-state index in [2.05, 4.69) is 28.7 Å². The highest BCUT2D eigenvalue weighted by Gasteiger charge is 2.14. The van der Waals surface area contributed by atoms with E-state index in [1.807, 2.05) is 31.2 Å². The number of aromatic nitrogens is 2. The number of oxazole rings is 1. The number of aryl methyl sites for hydroxylation is 1. The van der Waals surface area contributed by atoms with Crippen molar-refractivity contribution in [2.45, 2.75) is 33.6 Å². The zero-order valence-electron chi connectivity index (χ0n) is 17.9. The number of pyridine rings is 1. The highest BCUT2D eigenvalue weighted by Crippen LogP contribution is 2.32. The number of benzene rings is 1. The van der Waals surface area contributed by atoms with E-state index in [4.69, 9.17) is 14.9 Å².